The lowest BCUT2D eigenvalue weighted by molar-refractivity contribution is -0.0428. The largest absolute Gasteiger partial charge is 0.490 e. The van der Waals surface area contributed by atoms with Crippen LogP contribution in [0.4, 0.5) is 5.95 Å². The summed E-state index contributed by atoms with van der Waals surface area (Å²) in [4.78, 5) is 44.3. The molecule has 0 amide bonds. The topological polar surface area (TPSA) is 262 Å². The average Bonchev–Trinajstić information content (AvgIpc) is 3.17. The van der Waals surface area contributed by atoms with Crippen molar-refractivity contribution in [3.05, 3.63) is 11.0 Å². The molecule has 0 aliphatic carbocycles. The quantitative estimate of drug-likeness (QED) is 0.0952. The molecule has 1 saturated heterocycles. The van der Waals surface area contributed by atoms with Crippen LogP contribution in [-0.4, -0.2) is 67.8 Å². The van der Waals surface area contributed by atoms with Gasteiger partial charge in [-0.3, -0.25) is 9.09 Å². The summed E-state index contributed by atoms with van der Waals surface area (Å²) in [5, 5.41) is 10.7. The lowest BCUT2D eigenvalue weighted by atomic mass is 9.99. The van der Waals surface area contributed by atoms with E-state index in [4.69, 9.17) is 53.2 Å². The molecule has 0 aromatic carbocycles. The fourth-order valence-corrected chi connectivity index (χ4v) is 6.14. The smallest absolute Gasteiger partial charge is 0.387 e. The monoisotopic (exact) mass is 583 g/mol. The van der Waals surface area contributed by atoms with Gasteiger partial charge in [-0.1, -0.05) is 29.7 Å². The first kappa shape index (κ1) is 24.4. The Morgan fingerprint density at radius 1 is 1.38 bits per heavy atom. The maximum absolute atomic E-state index is 12.1. The maximum atomic E-state index is 12.1. The minimum atomic E-state index is -5.99. The second kappa shape index (κ2) is 9.32. The number of nitrogen functional groups attached to an aromatic ring is 1. The zero-order valence-electron chi connectivity index (χ0n) is 18.0. The third-order valence-corrected chi connectivity index (χ3v) is 8.46. The number of fused-ring (bicyclic) bond motifs is 1. The van der Waals surface area contributed by atoms with Gasteiger partial charge in [0.05, 0.1) is 15.6 Å². The lowest BCUT2D eigenvalue weighted by Crippen LogP contribution is -2.41. The van der Waals surface area contributed by atoms with Crippen molar-refractivity contribution in [3.63, 3.8) is 0 Å². The third kappa shape index (κ3) is 5.76. The zero-order valence-corrected chi connectivity index (χ0v) is 20.3. The number of nitrogens with zero attached hydrogens (tertiary/aromatic N) is 3. The highest BCUT2D eigenvalue weighted by atomic mass is 35.5. The summed E-state index contributed by atoms with van der Waals surface area (Å²) < 4.78 is 68.1. The van der Waals surface area contributed by atoms with Crippen LogP contribution in [0.3, 0.4) is 0 Å². The van der Waals surface area contributed by atoms with Crippen LogP contribution in [0.2, 0.25) is 0 Å². The molecular weight excluding hydrogens is 567 g/mol. The van der Waals surface area contributed by atoms with Gasteiger partial charge in [-0.15, -0.1) is 6.42 Å². The average molecular weight is 584 g/mol. The molecule has 3 heterocycles. The van der Waals surface area contributed by atoms with Crippen LogP contribution in [0, 0.1) is 17.0 Å². The molecule has 0 saturated carbocycles. The van der Waals surface area contributed by atoms with Crippen LogP contribution in [0.15, 0.2) is 6.33 Å². The Morgan fingerprint density at radius 3 is 2.62 bits per heavy atom. The first-order chi connectivity index (χ1) is 16.2. The molecule has 1 aliphatic heterocycles. The van der Waals surface area contributed by atoms with Gasteiger partial charge in [-0.25, -0.2) is 23.7 Å². The number of hydrogen-bond donors (Lipinski definition) is 7. The van der Waals surface area contributed by atoms with E-state index < -0.39 is 53.3 Å². The number of ether oxygens (including phenoxy) is 1. The summed E-state index contributed by atoms with van der Waals surface area (Å²) in [7, 11) is -17.6. The van der Waals surface area contributed by atoms with E-state index in [1.165, 1.54) is 0 Å². The molecule has 34 heavy (non-hydrogen) atoms. The third-order valence-electron chi connectivity index (χ3n) is 3.99. The molecule has 1 fully saturated rings. The van der Waals surface area contributed by atoms with E-state index in [0.717, 1.165) is 10.9 Å². The number of aromatic amines is 1. The number of nitrogens with two attached hydrogens (primary N) is 1. The second-order valence-corrected chi connectivity index (χ2v) is 11.7. The normalized spacial score (nSPS) is 30.2. The molecule has 2 aromatic heterocycles. The number of aliphatic hydroxyl groups is 1. The predicted molar refractivity (Wildman–Crippen MR) is 114 cm³/mol. The summed E-state index contributed by atoms with van der Waals surface area (Å²) in [6, 6.07) is 0. The molecule has 3 rings (SSSR count). The molecule has 1 aliphatic rings. The molecule has 3 unspecified atom stereocenters. The Morgan fingerprint density at radius 2 is 2.03 bits per heavy atom. The number of anilines is 1. The first-order valence-electron chi connectivity index (χ1n) is 9.28. The number of imidazole rings is 1. The van der Waals surface area contributed by atoms with Gasteiger partial charge in [0.1, 0.15) is 23.4 Å². The van der Waals surface area contributed by atoms with Gasteiger partial charge in [-0.05, 0) is 0 Å². The number of rotatable bonds is 8. The van der Waals surface area contributed by atoms with Crippen molar-refractivity contribution in [2.24, 2.45) is 0 Å². The van der Waals surface area contributed by atoms with Crippen LogP contribution < -0.4 is 5.73 Å². The fourth-order valence-electron chi connectivity index (χ4n) is 2.74. The Bertz CT molecular complexity index is 1440. The number of aliphatic hydroxyl groups excluding tert-OH is 1. The fraction of sp³-hybridized carbons (Fsp3) is 0.417. The highest BCUT2D eigenvalue weighted by Crippen LogP contribution is 2.66. The predicted octanol–water partition coefficient (Wildman–Crippen LogP) is 0.283. The lowest BCUT2D eigenvalue weighted by Gasteiger charge is -2.25. The van der Waals surface area contributed by atoms with Crippen molar-refractivity contribution in [2.75, 3.05) is 12.3 Å². The number of terminal acetylenes is 1. The molecule has 22 heteroatoms. The van der Waals surface area contributed by atoms with E-state index in [9.17, 15) is 28.6 Å². The van der Waals surface area contributed by atoms with Gasteiger partial charge in [0.2, 0.25) is 0 Å². The van der Waals surface area contributed by atoms with E-state index in [-0.39, 0.29) is 21.8 Å². The van der Waals surface area contributed by atoms with Crippen LogP contribution in [-0.2, 0) is 31.6 Å². The molecule has 0 bridgehead atoms. The number of halogens is 1. The number of phosphoric acid groups is 3. The molecule has 6 atom stereocenters. The number of aromatic nitrogens is 4. The van der Waals surface area contributed by atoms with Gasteiger partial charge in [0.25, 0.3) is 0 Å². The van der Waals surface area contributed by atoms with Crippen LogP contribution >= 0.6 is 47.3 Å². The highest BCUT2D eigenvalue weighted by molar-refractivity contribution is 7.71. The Kier molecular flexibility index (Phi) is 6.70. The van der Waals surface area contributed by atoms with Gasteiger partial charge in [0, 0.05) is 0 Å². The number of phosphoric ester groups is 1. The van der Waals surface area contributed by atoms with Crippen molar-refractivity contribution in [1.29, 1.82) is 0 Å². The summed E-state index contributed by atoms with van der Waals surface area (Å²) in [6.45, 7) is -3.55. The van der Waals surface area contributed by atoms with Crippen molar-refractivity contribution in [2.45, 2.75) is 23.3 Å². The van der Waals surface area contributed by atoms with E-state index in [1.807, 2.05) is 5.92 Å². The Hall–Kier alpha value is -1.25. The molecule has 2 aromatic rings. The van der Waals surface area contributed by atoms with Crippen molar-refractivity contribution in [1.82, 2.24) is 19.5 Å². The number of H-pyrrole nitrogens is 1. The minimum absolute atomic E-state index is 0.0408. The standard InChI is InChI=1S/C12H15ClN5O12P3S/c1-2-12(13)7(19)5(3-27-32(23,24)30-33(25,26)29-31(20,21)22)28-10(12)18-4-15-6-8(18)16-11(14)17-9(6)34/h1,4-5,7,10,19H,3H2,(H,23,24)(H,25,26)(H2,20,21,22)(H3,14,16,17,34)/t5-,7+,10-,12?/m1/s1/i3D2. The minimum Gasteiger partial charge on any atom is -0.387 e. The highest BCUT2D eigenvalue weighted by Gasteiger charge is 2.56. The van der Waals surface area contributed by atoms with E-state index >= 15 is 0 Å². The SMILES string of the molecule is [2H]C([2H])(OP(=O)(O)OP(=O)(O)OP(=O)(O)O)[C@H]1O[C@@H](n2cnc3c(=S)nc(N)[nH]c32)C(Cl)(C#C)[C@H]1O. The Labute approximate surface area is 202 Å². The molecule has 0 spiro atoms. The van der Waals surface area contributed by atoms with Crippen molar-refractivity contribution >= 4 is 64.4 Å². The van der Waals surface area contributed by atoms with Gasteiger partial charge in [-0.2, -0.15) is 8.62 Å². The van der Waals surface area contributed by atoms with E-state index in [0.29, 0.717) is 0 Å². The molecule has 8 N–H and O–H groups in total. The van der Waals surface area contributed by atoms with E-state index in [2.05, 4.69) is 28.1 Å². The van der Waals surface area contributed by atoms with Gasteiger partial charge >= 0.3 is 23.5 Å². The molecule has 188 valence electrons. The summed E-state index contributed by atoms with van der Waals surface area (Å²) >= 11 is 11.4. The van der Waals surface area contributed by atoms with Crippen LogP contribution in [0.25, 0.3) is 11.2 Å². The maximum Gasteiger partial charge on any atom is 0.490 e. The number of alkyl halides is 1. The van der Waals surface area contributed by atoms with Gasteiger partial charge in [0.15, 0.2) is 21.7 Å². The van der Waals surface area contributed by atoms with Crippen LogP contribution in [0.1, 0.15) is 8.97 Å². The molecular formula is C12H15ClN5O12P3S. The number of nitrogens with one attached hydrogen (secondary N) is 1. The van der Waals surface area contributed by atoms with E-state index in [1.54, 1.807) is 0 Å². The number of hydrogen-bond acceptors (Lipinski definition) is 12. The summed E-state index contributed by atoms with van der Waals surface area (Å²) in [6.07, 6.45) is 0.432. The first-order valence-corrected chi connectivity index (χ1v) is 13.6. The summed E-state index contributed by atoms with van der Waals surface area (Å²) in [5.41, 5.74) is 5.77. The Balaban J connectivity index is 1.95. The van der Waals surface area contributed by atoms with Crippen LogP contribution in [0.5, 0.6) is 0 Å². The van der Waals surface area contributed by atoms with Crippen molar-refractivity contribution in [3.8, 4) is 12.3 Å². The second-order valence-electron chi connectivity index (χ2n) is 6.34. The molecule has 17 nitrogen and oxygen atoms in total. The molecule has 0 radical (unpaired) electrons. The summed E-state index contributed by atoms with van der Waals surface area (Å²) in [5.74, 6) is 1.87. The van der Waals surface area contributed by atoms with Gasteiger partial charge < -0.3 is 40.1 Å². The van der Waals surface area contributed by atoms with Crippen molar-refractivity contribution < 1.29 is 59.0 Å². The zero-order chi connectivity index (χ0) is 27.5.